The number of carbonyl (C=O) groups excluding carboxylic acids is 1. The first-order valence-corrected chi connectivity index (χ1v) is 5.47. The number of urea groups is 1. The van der Waals surface area contributed by atoms with E-state index in [4.69, 9.17) is 5.73 Å². The molecule has 1 fully saturated rings. The highest BCUT2D eigenvalue weighted by Crippen LogP contribution is 2.27. The van der Waals surface area contributed by atoms with Crippen LogP contribution >= 0.6 is 0 Å². The fourth-order valence-electron chi connectivity index (χ4n) is 1.51. The van der Waals surface area contributed by atoms with Crippen molar-refractivity contribution in [2.24, 2.45) is 5.73 Å². The van der Waals surface area contributed by atoms with Crippen LogP contribution in [0.2, 0.25) is 0 Å². The van der Waals surface area contributed by atoms with Gasteiger partial charge in [-0.05, 0) is 25.7 Å². The van der Waals surface area contributed by atoms with Gasteiger partial charge in [0.25, 0.3) is 0 Å². The SMILES string of the molecule is CCCCNC(=O)NCC1(N)CCC1. The molecule has 0 radical (unpaired) electrons. The molecule has 0 bridgehead atoms. The van der Waals surface area contributed by atoms with Crippen molar-refractivity contribution in [2.75, 3.05) is 13.1 Å². The Kier molecular flexibility index (Phi) is 4.20. The fraction of sp³-hybridized carbons (Fsp3) is 0.900. The summed E-state index contributed by atoms with van der Waals surface area (Å²) >= 11 is 0. The third-order valence-electron chi connectivity index (χ3n) is 2.77. The molecule has 1 aliphatic rings. The van der Waals surface area contributed by atoms with Crippen molar-refractivity contribution < 1.29 is 4.79 Å². The first-order chi connectivity index (χ1) is 6.66. The summed E-state index contributed by atoms with van der Waals surface area (Å²) in [6.45, 7) is 3.45. The van der Waals surface area contributed by atoms with Crippen molar-refractivity contribution in [1.29, 1.82) is 0 Å². The Morgan fingerprint density at radius 1 is 1.43 bits per heavy atom. The molecule has 2 amide bonds. The van der Waals surface area contributed by atoms with E-state index in [0.717, 1.165) is 32.2 Å². The number of hydrogen-bond donors (Lipinski definition) is 3. The third kappa shape index (κ3) is 3.54. The average Bonchev–Trinajstić information content (AvgIpc) is 2.12. The van der Waals surface area contributed by atoms with E-state index in [1.165, 1.54) is 6.42 Å². The van der Waals surface area contributed by atoms with Crippen molar-refractivity contribution in [1.82, 2.24) is 10.6 Å². The van der Waals surface area contributed by atoms with Crippen LogP contribution in [-0.4, -0.2) is 24.7 Å². The second-order valence-electron chi connectivity index (χ2n) is 4.18. The standard InChI is InChI=1S/C10H21N3O/c1-2-3-7-12-9(14)13-8-10(11)5-4-6-10/h2-8,11H2,1H3,(H2,12,13,14). The molecule has 0 heterocycles. The molecule has 0 aromatic heterocycles. The van der Waals surface area contributed by atoms with Gasteiger partial charge in [0.2, 0.25) is 0 Å². The Balaban J connectivity index is 2.03. The van der Waals surface area contributed by atoms with Crippen molar-refractivity contribution in [3.63, 3.8) is 0 Å². The zero-order valence-corrected chi connectivity index (χ0v) is 8.94. The summed E-state index contributed by atoms with van der Waals surface area (Å²) in [4.78, 5) is 11.2. The Morgan fingerprint density at radius 2 is 2.14 bits per heavy atom. The minimum absolute atomic E-state index is 0.0878. The van der Waals surface area contributed by atoms with Crippen molar-refractivity contribution in [2.45, 2.75) is 44.6 Å². The van der Waals surface area contributed by atoms with Gasteiger partial charge in [-0.1, -0.05) is 13.3 Å². The van der Waals surface area contributed by atoms with E-state index in [-0.39, 0.29) is 11.6 Å². The Labute approximate surface area is 85.6 Å². The molecule has 0 atom stereocenters. The maximum atomic E-state index is 11.2. The van der Waals surface area contributed by atoms with E-state index in [2.05, 4.69) is 17.6 Å². The van der Waals surface area contributed by atoms with E-state index in [9.17, 15) is 4.79 Å². The van der Waals surface area contributed by atoms with Crippen LogP contribution in [0.25, 0.3) is 0 Å². The number of rotatable bonds is 5. The Morgan fingerprint density at radius 3 is 2.64 bits per heavy atom. The predicted molar refractivity (Wildman–Crippen MR) is 57.1 cm³/mol. The molecule has 4 heteroatoms. The van der Waals surface area contributed by atoms with Gasteiger partial charge in [0.05, 0.1) is 0 Å². The molecule has 0 aromatic carbocycles. The van der Waals surface area contributed by atoms with Crippen molar-refractivity contribution in [3.05, 3.63) is 0 Å². The van der Waals surface area contributed by atoms with Gasteiger partial charge in [-0.2, -0.15) is 0 Å². The maximum Gasteiger partial charge on any atom is 0.314 e. The van der Waals surface area contributed by atoms with Crippen LogP contribution in [0.1, 0.15) is 39.0 Å². The molecule has 0 spiro atoms. The van der Waals surface area contributed by atoms with Crippen LogP contribution < -0.4 is 16.4 Å². The second-order valence-corrected chi connectivity index (χ2v) is 4.18. The molecule has 0 unspecified atom stereocenters. The number of carbonyl (C=O) groups is 1. The smallest absolute Gasteiger partial charge is 0.314 e. The van der Waals surface area contributed by atoms with Crippen LogP contribution in [0, 0.1) is 0 Å². The van der Waals surface area contributed by atoms with E-state index >= 15 is 0 Å². The molecule has 82 valence electrons. The quantitative estimate of drug-likeness (QED) is 0.577. The van der Waals surface area contributed by atoms with Gasteiger partial charge in [0.1, 0.15) is 0 Å². The van der Waals surface area contributed by atoms with E-state index < -0.39 is 0 Å². The van der Waals surface area contributed by atoms with Gasteiger partial charge in [-0.15, -0.1) is 0 Å². The molecule has 4 N–H and O–H groups in total. The lowest BCUT2D eigenvalue weighted by Crippen LogP contribution is -2.56. The Bertz CT molecular complexity index is 190. The average molecular weight is 199 g/mol. The summed E-state index contributed by atoms with van der Waals surface area (Å²) in [7, 11) is 0. The Hall–Kier alpha value is -0.770. The molecule has 0 aliphatic heterocycles. The van der Waals surface area contributed by atoms with Crippen LogP contribution in [0.4, 0.5) is 4.79 Å². The zero-order valence-electron chi connectivity index (χ0n) is 8.94. The summed E-state index contributed by atoms with van der Waals surface area (Å²) in [6, 6.07) is -0.0878. The van der Waals surface area contributed by atoms with Crippen LogP contribution in [0.5, 0.6) is 0 Å². The summed E-state index contributed by atoms with van der Waals surface area (Å²) < 4.78 is 0. The number of nitrogens with one attached hydrogen (secondary N) is 2. The molecule has 0 saturated heterocycles. The molecule has 14 heavy (non-hydrogen) atoms. The minimum Gasteiger partial charge on any atom is -0.338 e. The highest BCUT2D eigenvalue weighted by molar-refractivity contribution is 5.73. The van der Waals surface area contributed by atoms with Crippen LogP contribution in [-0.2, 0) is 0 Å². The first kappa shape index (κ1) is 11.3. The number of hydrogen-bond acceptors (Lipinski definition) is 2. The van der Waals surface area contributed by atoms with Gasteiger partial charge >= 0.3 is 6.03 Å². The lowest BCUT2D eigenvalue weighted by atomic mass is 9.78. The molecule has 1 aliphatic carbocycles. The molecule has 0 aromatic rings. The predicted octanol–water partition coefficient (Wildman–Crippen LogP) is 0.967. The highest BCUT2D eigenvalue weighted by Gasteiger charge is 2.32. The zero-order chi connectivity index (χ0) is 10.4. The molecule has 1 saturated carbocycles. The fourth-order valence-corrected chi connectivity index (χ4v) is 1.51. The van der Waals surface area contributed by atoms with Gasteiger partial charge in [-0.3, -0.25) is 0 Å². The van der Waals surface area contributed by atoms with E-state index in [0.29, 0.717) is 6.54 Å². The monoisotopic (exact) mass is 199 g/mol. The third-order valence-corrected chi connectivity index (χ3v) is 2.77. The van der Waals surface area contributed by atoms with E-state index in [1.807, 2.05) is 0 Å². The number of unbranched alkanes of at least 4 members (excludes halogenated alkanes) is 1. The van der Waals surface area contributed by atoms with Gasteiger partial charge in [-0.25, -0.2) is 4.79 Å². The second kappa shape index (κ2) is 5.20. The lowest BCUT2D eigenvalue weighted by Gasteiger charge is -2.38. The van der Waals surface area contributed by atoms with Crippen LogP contribution in [0.3, 0.4) is 0 Å². The topological polar surface area (TPSA) is 67.2 Å². The van der Waals surface area contributed by atoms with E-state index in [1.54, 1.807) is 0 Å². The number of amides is 2. The maximum absolute atomic E-state index is 11.2. The van der Waals surface area contributed by atoms with Gasteiger partial charge < -0.3 is 16.4 Å². The minimum atomic E-state index is -0.123. The lowest BCUT2D eigenvalue weighted by molar-refractivity contribution is 0.217. The number of nitrogens with two attached hydrogens (primary N) is 1. The molecule has 4 nitrogen and oxygen atoms in total. The van der Waals surface area contributed by atoms with Crippen molar-refractivity contribution >= 4 is 6.03 Å². The molecular weight excluding hydrogens is 178 g/mol. The van der Waals surface area contributed by atoms with Gasteiger partial charge in [0, 0.05) is 18.6 Å². The summed E-state index contributed by atoms with van der Waals surface area (Å²) in [5, 5.41) is 5.61. The summed E-state index contributed by atoms with van der Waals surface area (Å²) in [6.07, 6.45) is 5.38. The van der Waals surface area contributed by atoms with Crippen molar-refractivity contribution in [3.8, 4) is 0 Å². The molecular formula is C10H21N3O. The highest BCUT2D eigenvalue weighted by atomic mass is 16.2. The van der Waals surface area contributed by atoms with Crippen LogP contribution in [0.15, 0.2) is 0 Å². The van der Waals surface area contributed by atoms with Gasteiger partial charge in [0.15, 0.2) is 0 Å². The summed E-state index contributed by atoms with van der Waals surface area (Å²) in [5.41, 5.74) is 5.84. The normalized spacial score (nSPS) is 18.4. The largest absolute Gasteiger partial charge is 0.338 e. The first-order valence-electron chi connectivity index (χ1n) is 5.47. The summed E-state index contributed by atoms with van der Waals surface area (Å²) in [5.74, 6) is 0. The molecule has 1 rings (SSSR count).